The molecule has 0 aliphatic carbocycles. The summed E-state index contributed by atoms with van der Waals surface area (Å²) in [4.78, 5) is -0.0743. The van der Waals surface area contributed by atoms with Crippen molar-refractivity contribution in [1.29, 1.82) is 0 Å². The first-order valence-corrected chi connectivity index (χ1v) is 18.8. The molecule has 0 aliphatic heterocycles. The molecule has 4 nitrogen and oxygen atoms in total. The molecule has 0 saturated heterocycles. The van der Waals surface area contributed by atoms with E-state index in [-0.39, 0.29) is 9.79 Å². The number of sulfone groups is 2. The van der Waals surface area contributed by atoms with Gasteiger partial charge in [0.1, 0.15) is 0 Å². The van der Waals surface area contributed by atoms with E-state index in [1.165, 1.54) is 36.8 Å². The third-order valence-electron chi connectivity index (χ3n) is 7.83. The van der Waals surface area contributed by atoms with E-state index in [1.54, 1.807) is 42.5 Å². The van der Waals surface area contributed by atoms with Crippen LogP contribution in [-0.4, -0.2) is 20.9 Å². The van der Waals surface area contributed by atoms with Gasteiger partial charge >= 0.3 is 0 Å². The van der Waals surface area contributed by atoms with Crippen LogP contribution in [0.15, 0.2) is 125 Å². The van der Waals surface area contributed by atoms with Crippen molar-refractivity contribution in [2.75, 3.05) is 0 Å². The van der Waals surface area contributed by atoms with E-state index in [9.17, 15) is 16.8 Å². The Bertz CT molecular complexity index is 1650. The summed E-state index contributed by atoms with van der Waals surface area (Å²) in [7, 11) is -8.89. The smallest absolute Gasteiger partial charge is 0.199 e. The Morgan fingerprint density at radius 1 is 0.578 bits per heavy atom. The lowest BCUT2D eigenvalue weighted by Crippen LogP contribution is -2.48. The van der Waals surface area contributed by atoms with Crippen LogP contribution in [0.2, 0.25) is 0 Å². The highest BCUT2D eigenvalue weighted by Gasteiger charge is 2.57. The average Bonchev–Trinajstić information content (AvgIpc) is 3.03. The van der Waals surface area contributed by atoms with Gasteiger partial charge in [0.2, 0.25) is 0 Å². The third kappa shape index (κ3) is 8.22. The van der Waals surface area contributed by atoms with E-state index in [2.05, 4.69) is 39.8 Å². The molecule has 0 bridgehead atoms. The molecule has 0 saturated carbocycles. The molecule has 0 N–H and O–H groups in total. The quantitative estimate of drug-likeness (QED) is 0.154. The first-order valence-electron chi connectivity index (χ1n) is 15.8. The van der Waals surface area contributed by atoms with Crippen molar-refractivity contribution in [2.45, 2.75) is 81.1 Å². The molecule has 45 heavy (non-hydrogen) atoms. The van der Waals surface area contributed by atoms with Crippen LogP contribution in [-0.2, 0) is 32.5 Å². The fraction of sp³-hybridized carbons (Fsp3) is 0.333. The zero-order valence-corrected chi connectivity index (χ0v) is 29.3. The van der Waals surface area contributed by atoms with Gasteiger partial charge in [-0.3, -0.25) is 0 Å². The lowest BCUT2D eigenvalue weighted by Gasteiger charge is -2.35. The molecule has 1 atom stereocenters. The van der Waals surface area contributed by atoms with E-state index < -0.39 is 29.7 Å². The van der Waals surface area contributed by atoms with Crippen molar-refractivity contribution < 1.29 is 16.8 Å². The predicted octanol–water partition coefficient (Wildman–Crippen LogP) is 9.57. The lowest BCUT2D eigenvalue weighted by atomic mass is 9.92. The molecule has 4 aromatic rings. The van der Waals surface area contributed by atoms with Gasteiger partial charge < -0.3 is 0 Å². The van der Waals surface area contributed by atoms with Gasteiger partial charge in [-0.05, 0) is 78.1 Å². The van der Waals surface area contributed by atoms with Crippen molar-refractivity contribution in [1.82, 2.24) is 0 Å². The maximum atomic E-state index is 14.6. The Morgan fingerprint density at radius 3 is 1.33 bits per heavy atom. The van der Waals surface area contributed by atoms with Crippen LogP contribution in [0.1, 0.15) is 76.6 Å². The first kappa shape index (κ1) is 36.0. The summed E-state index contributed by atoms with van der Waals surface area (Å²) in [5.74, 6) is -0.0507. The van der Waals surface area contributed by atoms with Crippen LogP contribution < -0.4 is 0 Å². The van der Waals surface area contributed by atoms with Crippen molar-refractivity contribution in [3.05, 3.63) is 138 Å². The van der Waals surface area contributed by atoms with Crippen LogP contribution >= 0.6 is 0 Å². The summed E-state index contributed by atoms with van der Waals surface area (Å²) < 4.78 is 56.3. The highest BCUT2D eigenvalue weighted by atomic mass is 32.3. The fourth-order valence-electron chi connectivity index (χ4n) is 5.51. The van der Waals surface area contributed by atoms with Crippen LogP contribution in [0.4, 0.5) is 0 Å². The van der Waals surface area contributed by atoms with Gasteiger partial charge in [0.25, 0.3) is 0 Å². The highest BCUT2D eigenvalue weighted by molar-refractivity contribution is 8.10. The maximum Gasteiger partial charge on any atom is 0.199 e. The summed E-state index contributed by atoms with van der Waals surface area (Å²) >= 11 is 0. The second kappa shape index (κ2) is 15.7. The van der Waals surface area contributed by atoms with Crippen molar-refractivity contribution in [2.24, 2.45) is 11.8 Å². The van der Waals surface area contributed by atoms with Crippen LogP contribution in [0.5, 0.6) is 0 Å². The van der Waals surface area contributed by atoms with Crippen LogP contribution in [0.25, 0.3) is 6.08 Å². The fourth-order valence-corrected chi connectivity index (χ4v) is 10.3. The van der Waals surface area contributed by atoms with Crippen molar-refractivity contribution in [3.8, 4) is 0 Å². The minimum atomic E-state index is -4.45. The highest BCUT2D eigenvalue weighted by Crippen LogP contribution is 2.46. The van der Waals surface area contributed by atoms with E-state index in [1.807, 2.05) is 56.3 Å². The number of rotatable bonds is 12. The molecule has 4 aromatic carbocycles. The summed E-state index contributed by atoms with van der Waals surface area (Å²) in [5.41, 5.74) is 3.81. The number of allylic oxidation sites excluding steroid dienone is 1. The molecule has 4 rings (SSSR count). The van der Waals surface area contributed by atoms with Crippen LogP contribution in [0.3, 0.4) is 0 Å². The molecule has 240 valence electrons. The van der Waals surface area contributed by atoms with Gasteiger partial charge in [-0.25, -0.2) is 16.8 Å². The molecule has 0 spiro atoms. The van der Waals surface area contributed by atoms with Gasteiger partial charge in [0.05, 0.1) is 9.79 Å². The summed E-state index contributed by atoms with van der Waals surface area (Å²) in [5, 5.41) is 0. The zero-order chi connectivity index (χ0) is 33.3. The van der Waals surface area contributed by atoms with E-state index in [4.69, 9.17) is 0 Å². The Morgan fingerprint density at radius 2 is 0.956 bits per heavy atom. The van der Waals surface area contributed by atoms with Gasteiger partial charge in [-0.15, -0.1) is 0 Å². The minimum absolute atomic E-state index is 0.0372. The number of hydrogen-bond donors (Lipinski definition) is 0. The Kier molecular flexibility index (Phi) is 12.5. The molecule has 0 amide bonds. The molecule has 0 fully saturated rings. The van der Waals surface area contributed by atoms with Gasteiger partial charge in [-0.1, -0.05) is 139 Å². The molecular weight excluding hydrogens is 597 g/mol. The predicted molar refractivity (Wildman–Crippen MR) is 189 cm³/mol. The molecule has 1 unspecified atom stereocenters. The second-order valence-corrected chi connectivity index (χ2v) is 17.1. The summed E-state index contributed by atoms with van der Waals surface area (Å²) in [6.07, 6.45) is 5.41. The SMILES string of the molecule is CC.CC(C)Cc1ccc(/C=C/C(c2ccc(CC(C)C)cc2)C(C)(S(=O)(=O)c2ccccc2)S(=O)(=O)c2ccccc2)cc1. The molecule has 0 aromatic heterocycles. The Hall–Kier alpha value is -3.48. The Labute approximate surface area is 272 Å². The molecule has 0 heterocycles. The first-order chi connectivity index (χ1) is 21.4. The average molecular weight is 645 g/mol. The number of hydrogen-bond acceptors (Lipinski definition) is 4. The maximum absolute atomic E-state index is 14.6. The van der Waals surface area contributed by atoms with Crippen LogP contribution in [0, 0.1) is 11.8 Å². The normalized spacial score (nSPS) is 13.1. The van der Waals surface area contributed by atoms with Crippen molar-refractivity contribution >= 4 is 25.8 Å². The molecule has 0 radical (unpaired) electrons. The molecule has 0 aliphatic rings. The summed E-state index contributed by atoms with van der Waals surface area (Å²) in [6, 6.07) is 31.6. The zero-order valence-electron chi connectivity index (χ0n) is 27.6. The van der Waals surface area contributed by atoms with E-state index in [0.717, 1.165) is 24.0 Å². The van der Waals surface area contributed by atoms with E-state index >= 15 is 0 Å². The van der Waals surface area contributed by atoms with Gasteiger partial charge in [-0.2, -0.15) is 0 Å². The largest absolute Gasteiger partial charge is 0.222 e. The minimum Gasteiger partial charge on any atom is -0.222 e. The van der Waals surface area contributed by atoms with Crippen molar-refractivity contribution in [3.63, 3.8) is 0 Å². The number of benzene rings is 4. The standard InChI is InChI=1S/C37H42O4S2.C2H6/c1-28(2)26-31-18-16-30(17-19-31)22-25-36(33-23-20-32(21-24-33)27-29(3)4)37(5,42(38,39)34-12-8-6-9-13-34)43(40,41)35-14-10-7-11-15-35;1-2/h6-25,28-29,36H,26-27H2,1-5H3;1-2H3/b25-22+;. The molecular formula is C39H48O4S2. The van der Waals surface area contributed by atoms with E-state index in [0.29, 0.717) is 17.4 Å². The lowest BCUT2D eigenvalue weighted by molar-refractivity contribution is 0.532. The topological polar surface area (TPSA) is 68.3 Å². The third-order valence-corrected chi connectivity index (χ3v) is 13.6. The summed E-state index contributed by atoms with van der Waals surface area (Å²) in [6.45, 7) is 14.0. The second-order valence-electron chi connectivity index (χ2n) is 12.2. The van der Waals surface area contributed by atoms with Gasteiger partial charge in [0, 0.05) is 5.92 Å². The Balaban J connectivity index is 0.00000271. The van der Waals surface area contributed by atoms with Gasteiger partial charge in [0.15, 0.2) is 23.8 Å². The molecule has 6 heteroatoms. The monoisotopic (exact) mass is 644 g/mol.